The van der Waals surface area contributed by atoms with Crippen molar-refractivity contribution in [2.24, 2.45) is 5.92 Å². The molecular weight excluding hydrogens is 460 g/mol. The Kier molecular flexibility index (Phi) is 7.39. The summed E-state index contributed by atoms with van der Waals surface area (Å²) in [5, 5.41) is 17.3. The molecule has 3 fully saturated rings. The molecule has 3 heterocycles. The summed E-state index contributed by atoms with van der Waals surface area (Å²) in [6.07, 6.45) is 3.24. The molecule has 0 bridgehead atoms. The predicted octanol–water partition coefficient (Wildman–Crippen LogP) is 1.71. The van der Waals surface area contributed by atoms with Gasteiger partial charge in [0.2, 0.25) is 11.8 Å². The van der Waals surface area contributed by atoms with Crippen molar-refractivity contribution in [3.63, 3.8) is 0 Å². The Labute approximate surface area is 202 Å². The number of likely N-dealkylation sites (tertiary alicyclic amines) is 1. The number of imide groups is 1. The molecule has 184 valence electrons. The van der Waals surface area contributed by atoms with Crippen molar-refractivity contribution < 1.29 is 19.3 Å². The number of carbonyl (C=O) groups excluding carboxylic acids is 3. The fourth-order valence-electron chi connectivity index (χ4n) is 4.75. The summed E-state index contributed by atoms with van der Waals surface area (Å²) >= 11 is 1.37. The molecule has 0 aliphatic carbocycles. The highest BCUT2D eigenvalue weighted by atomic mass is 32.2. The van der Waals surface area contributed by atoms with Gasteiger partial charge in [0.15, 0.2) is 0 Å². The van der Waals surface area contributed by atoms with E-state index in [0.29, 0.717) is 0 Å². The van der Waals surface area contributed by atoms with Gasteiger partial charge >= 0.3 is 6.03 Å². The Bertz CT molecular complexity index is 952. The quantitative estimate of drug-likeness (QED) is 0.472. The van der Waals surface area contributed by atoms with E-state index in [4.69, 9.17) is 0 Å². The average molecular weight is 491 g/mol. The maximum absolute atomic E-state index is 13.1. The van der Waals surface area contributed by atoms with Crippen LogP contribution in [0.3, 0.4) is 0 Å². The number of urea groups is 1. The van der Waals surface area contributed by atoms with Gasteiger partial charge in [0.05, 0.1) is 34.3 Å². The molecule has 34 heavy (non-hydrogen) atoms. The highest BCUT2D eigenvalue weighted by Crippen LogP contribution is 2.34. The summed E-state index contributed by atoms with van der Waals surface area (Å²) in [5.41, 5.74) is 0.717. The number of amides is 4. The first-order valence-electron chi connectivity index (χ1n) is 11.5. The van der Waals surface area contributed by atoms with Crippen molar-refractivity contribution in [2.75, 3.05) is 32.9 Å². The van der Waals surface area contributed by atoms with Crippen LogP contribution < -0.4 is 10.6 Å². The predicted molar refractivity (Wildman–Crippen MR) is 127 cm³/mol. The Morgan fingerprint density at radius 1 is 1.09 bits per heavy atom. The zero-order chi connectivity index (χ0) is 24.4. The SMILES string of the molecule is CN1C(=O)C2C(SCC(=O)N3CCCCCC3)NC(c3ccc([N+](=O)[O-])cc3)NC2N(C)C1=O. The maximum atomic E-state index is 13.1. The molecule has 0 aromatic heterocycles. The standard InChI is InChI=1S/C22H30N6O5S/c1-25-19-17(21(30)26(2)22(25)31)20(34-13-16(29)27-11-5-3-4-6-12-27)24-18(23-19)14-7-9-15(10-8-14)28(32)33/h7-10,17-20,23-24H,3-6,11-13H2,1-2H3. The second-order valence-electron chi connectivity index (χ2n) is 8.90. The van der Waals surface area contributed by atoms with E-state index in [1.54, 1.807) is 19.2 Å². The van der Waals surface area contributed by atoms with Crippen molar-refractivity contribution in [1.29, 1.82) is 0 Å². The van der Waals surface area contributed by atoms with Crippen LogP contribution in [0.15, 0.2) is 24.3 Å². The first-order valence-corrected chi connectivity index (χ1v) is 12.5. The highest BCUT2D eigenvalue weighted by molar-refractivity contribution is 8.00. The minimum atomic E-state index is -0.594. The van der Waals surface area contributed by atoms with Crippen molar-refractivity contribution in [1.82, 2.24) is 25.3 Å². The number of benzene rings is 1. The zero-order valence-corrected chi connectivity index (χ0v) is 20.1. The van der Waals surface area contributed by atoms with Crippen LogP contribution in [-0.2, 0) is 9.59 Å². The van der Waals surface area contributed by atoms with E-state index in [0.717, 1.165) is 49.2 Å². The lowest BCUT2D eigenvalue weighted by molar-refractivity contribution is -0.384. The molecule has 2 N–H and O–H groups in total. The van der Waals surface area contributed by atoms with E-state index >= 15 is 0 Å². The van der Waals surface area contributed by atoms with Gasteiger partial charge in [-0.1, -0.05) is 12.8 Å². The van der Waals surface area contributed by atoms with Crippen LogP contribution in [-0.4, -0.2) is 81.9 Å². The number of nitrogens with one attached hydrogen (secondary N) is 2. The number of rotatable bonds is 5. The largest absolute Gasteiger partial charge is 0.342 e. The van der Waals surface area contributed by atoms with Crippen LogP contribution in [0, 0.1) is 16.0 Å². The van der Waals surface area contributed by atoms with Gasteiger partial charge in [-0.15, -0.1) is 11.8 Å². The number of nitro groups is 1. The number of fused-ring (bicyclic) bond motifs is 1. The van der Waals surface area contributed by atoms with E-state index in [2.05, 4.69) is 10.6 Å². The minimum Gasteiger partial charge on any atom is -0.342 e. The number of thioether (sulfide) groups is 1. The van der Waals surface area contributed by atoms with Gasteiger partial charge < -0.3 is 9.80 Å². The summed E-state index contributed by atoms with van der Waals surface area (Å²) in [6, 6.07) is 5.72. The molecule has 0 saturated carbocycles. The van der Waals surface area contributed by atoms with Crippen LogP contribution in [0.2, 0.25) is 0 Å². The van der Waals surface area contributed by atoms with Gasteiger partial charge in [-0.2, -0.15) is 0 Å². The summed E-state index contributed by atoms with van der Waals surface area (Å²) in [4.78, 5) is 53.7. The Morgan fingerprint density at radius 2 is 1.74 bits per heavy atom. The van der Waals surface area contributed by atoms with Crippen molar-refractivity contribution in [3.05, 3.63) is 39.9 Å². The molecule has 11 nitrogen and oxygen atoms in total. The molecule has 4 amide bonds. The molecule has 12 heteroatoms. The third-order valence-corrected chi connectivity index (χ3v) is 7.94. The molecular formula is C22H30N6O5S. The molecule has 3 aliphatic rings. The molecule has 4 atom stereocenters. The normalized spacial score (nSPS) is 27.9. The lowest BCUT2D eigenvalue weighted by atomic mass is 9.96. The van der Waals surface area contributed by atoms with E-state index in [1.807, 2.05) is 4.90 Å². The molecule has 4 unspecified atom stereocenters. The maximum Gasteiger partial charge on any atom is 0.327 e. The second-order valence-corrected chi connectivity index (χ2v) is 10.0. The Morgan fingerprint density at radius 3 is 2.35 bits per heavy atom. The number of carbonyl (C=O) groups is 3. The average Bonchev–Trinajstić information content (AvgIpc) is 3.14. The number of hydrogen-bond donors (Lipinski definition) is 2. The fourth-order valence-corrected chi connectivity index (χ4v) is 5.96. The van der Waals surface area contributed by atoms with Crippen LogP contribution >= 0.6 is 11.8 Å². The van der Waals surface area contributed by atoms with E-state index in [9.17, 15) is 24.5 Å². The van der Waals surface area contributed by atoms with E-state index < -0.39 is 34.6 Å². The van der Waals surface area contributed by atoms with Crippen LogP contribution in [0.25, 0.3) is 0 Å². The summed E-state index contributed by atoms with van der Waals surface area (Å²) in [7, 11) is 3.10. The highest BCUT2D eigenvalue weighted by Gasteiger charge is 2.51. The Hall–Kier alpha value is -2.70. The lowest BCUT2D eigenvalue weighted by Gasteiger charge is -2.50. The molecule has 1 aromatic rings. The lowest BCUT2D eigenvalue weighted by Crippen LogP contribution is -2.72. The van der Waals surface area contributed by atoms with Crippen LogP contribution in [0.1, 0.15) is 37.4 Å². The van der Waals surface area contributed by atoms with Gasteiger partial charge in [0.1, 0.15) is 0 Å². The van der Waals surface area contributed by atoms with Crippen molar-refractivity contribution in [3.8, 4) is 0 Å². The van der Waals surface area contributed by atoms with Crippen molar-refractivity contribution >= 4 is 35.3 Å². The second kappa shape index (κ2) is 10.3. The zero-order valence-electron chi connectivity index (χ0n) is 19.3. The molecule has 0 radical (unpaired) electrons. The molecule has 3 aliphatic heterocycles. The Balaban J connectivity index is 1.55. The van der Waals surface area contributed by atoms with Gasteiger partial charge in [0, 0.05) is 39.3 Å². The van der Waals surface area contributed by atoms with E-state index in [1.165, 1.54) is 35.8 Å². The van der Waals surface area contributed by atoms with Crippen LogP contribution in [0.4, 0.5) is 10.5 Å². The first-order chi connectivity index (χ1) is 16.3. The van der Waals surface area contributed by atoms with E-state index in [-0.39, 0.29) is 23.3 Å². The summed E-state index contributed by atoms with van der Waals surface area (Å²) in [6.45, 7) is 1.52. The fraction of sp³-hybridized carbons (Fsp3) is 0.591. The molecule has 4 rings (SSSR count). The van der Waals surface area contributed by atoms with Crippen LogP contribution in [0.5, 0.6) is 0 Å². The number of non-ortho nitro benzene ring substituents is 1. The van der Waals surface area contributed by atoms with Gasteiger partial charge in [0.25, 0.3) is 5.69 Å². The van der Waals surface area contributed by atoms with Gasteiger partial charge in [-0.3, -0.25) is 35.2 Å². The molecule has 3 saturated heterocycles. The molecule has 1 aromatic carbocycles. The first kappa shape index (κ1) is 24.4. The number of hydrogen-bond acceptors (Lipinski definition) is 8. The minimum absolute atomic E-state index is 0.0202. The smallest absolute Gasteiger partial charge is 0.327 e. The van der Waals surface area contributed by atoms with Gasteiger partial charge in [-0.25, -0.2) is 4.79 Å². The van der Waals surface area contributed by atoms with Crippen molar-refractivity contribution in [2.45, 2.75) is 43.4 Å². The molecule has 0 spiro atoms. The monoisotopic (exact) mass is 490 g/mol. The number of nitro benzene ring substituents is 1. The third kappa shape index (κ3) is 4.89. The summed E-state index contributed by atoms with van der Waals surface area (Å²) in [5.74, 6) is -0.627. The number of nitrogens with zero attached hydrogens (tertiary/aromatic N) is 4. The third-order valence-electron chi connectivity index (χ3n) is 6.74. The van der Waals surface area contributed by atoms with Gasteiger partial charge in [-0.05, 0) is 30.5 Å². The topological polar surface area (TPSA) is 128 Å². The summed E-state index contributed by atoms with van der Waals surface area (Å²) < 4.78 is 0.